The quantitative estimate of drug-likeness (QED) is 0.605. The molecule has 18 heavy (non-hydrogen) atoms. The zero-order chi connectivity index (χ0) is 14.8. The second-order valence-corrected chi connectivity index (χ2v) is 5.71. The largest absolute Gasteiger partial charge is 0.415 e. The van der Waals surface area contributed by atoms with E-state index in [2.05, 4.69) is 11.6 Å². The summed E-state index contributed by atoms with van der Waals surface area (Å²) in [4.78, 5) is 11.6. The molecule has 0 aliphatic carbocycles. The van der Waals surface area contributed by atoms with E-state index in [-0.39, 0.29) is 12.8 Å². The maximum Gasteiger partial charge on any atom is 0.415 e. The van der Waals surface area contributed by atoms with Crippen LogP contribution < -0.4 is 4.72 Å². The highest BCUT2D eigenvalue weighted by molar-refractivity contribution is 7.84. The number of carbonyl (C=O) groups is 1. The Morgan fingerprint density at radius 1 is 1.22 bits per heavy atom. The Labute approximate surface area is 110 Å². The summed E-state index contributed by atoms with van der Waals surface area (Å²) < 4.78 is 62.9. The van der Waals surface area contributed by atoms with Gasteiger partial charge in [-0.25, -0.2) is 4.21 Å². The summed E-state index contributed by atoms with van der Waals surface area (Å²) in [6, 6.07) is 0. The monoisotopic (exact) mass is 311 g/mol. The van der Waals surface area contributed by atoms with Gasteiger partial charge in [-0.15, -0.1) is 0 Å². The molecular formula is C9H14ClF4NO2S. The number of halogens is 5. The van der Waals surface area contributed by atoms with Crippen molar-refractivity contribution in [2.24, 2.45) is 5.41 Å². The van der Waals surface area contributed by atoms with E-state index in [0.29, 0.717) is 0 Å². The third-order valence-electron chi connectivity index (χ3n) is 2.86. The van der Waals surface area contributed by atoms with Crippen molar-refractivity contribution in [2.75, 3.05) is 0 Å². The van der Waals surface area contributed by atoms with E-state index in [1.165, 1.54) is 11.6 Å². The predicted molar refractivity (Wildman–Crippen MR) is 60.7 cm³/mol. The van der Waals surface area contributed by atoms with Crippen molar-refractivity contribution in [3.8, 4) is 0 Å². The number of hydrogen-bond acceptors (Lipinski definition) is 2. The van der Waals surface area contributed by atoms with Gasteiger partial charge in [0.1, 0.15) is 0 Å². The van der Waals surface area contributed by atoms with Gasteiger partial charge in [-0.1, -0.05) is 20.8 Å². The Morgan fingerprint density at radius 3 is 1.89 bits per heavy atom. The molecule has 0 rings (SSSR count). The Morgan fingerprint density at radius 2 is 1.61 bits per heavy atom. The lowest BCUT2D eigenvalue weighted by molar-refractivity contribution is -0.129. The molecule has 0 aromatic heterocycles. The molecule has 0 aromatic rings. The van der Waals surface area contributed by atoms with E-state index in [1.54, 1.807) is 13.8 Å². The third-order valence-corrected chi connectivity index (χ3v) is 4.30. The molecule has 0 spiro atoms. The standard InChI is InChI=1S/C9H14ClF4NO2S/c1-4-7(3,5-2)6(16)15-18(17)9(13,14)8(10,11)12/h4-5H2,1-3H3,(H,15,16). The number of nitrogens with one attached hydrogen (secondary N) is 1. The summed E-state index contributed by atoms with van der Waals surface area (Å²) in [5.41, 5.74) is -1.05. The average molecular weight is 312 g/mol. The molecule has 0 radical (unpaired) electrons. The van der Waals surface area contributed by atoms with Crippen molar-refractivity contribution in [1.29, 1.82) is 0 Å². The van der Waals surface area contributed by atoms with Gasteiger partial charge in [-0.05, 0) is 24.4 Å². The Hall–Kier alpha value is -0.370. The van der Waals surface area contributed by atoms with Gasteiger partial charge in [0.25, 0.3) is 0 Å². The van der Waals surface area contributed by atoms with Crippen molar-refractivity contribution >= 4 is 28.5 Å². The highest BCUT2D eigenvalue weighted by Crippen LogP contribution is 2.40. The number of amides is 1. The predicted octanol–water partition coefficient (Wildman–Crippen LogP) is 3.02. The van der Waals surface area contributed by atoms with Crippen LogP contribution in [0.3, 0.4) is 0 Å². The van der Waals surface area contributed by atoms with Gasteiger partial charge >= 0.3 is 10.6 Å². The van der Waals surface area contributed by atoms with Crippen LogP contribution in [0.15, 0.2) is 0 Å². The van der Waals surface area contributed by atoms with Crippen LogP contribution >= 0.6 is 11.6 Å². The molecule has 1 unspecified atom stereocenters. The molecule has 0 saturated heterocycles. The van der Waals surface area contributed by atoms with Gasteiger partial charge < -0.3 is 0 Å². The summed E-state index contributed by atoms with van der Waals surface area (Å²) in [5, 5.41) is -10.0. The van der Waals surface area contributed by atoms with Gasteiger partial charge in [0.05, 0.1) is 0 Å². The van der Waals surface area contributed by atoms with Crippen LogP contribution in [0, 0.1) is 5.41 Å². The van der Waals surface area contributed by atoms with Gasteiger partial charge in [0.2, 0.25) is 5.91 Å². The summed E-state index contributed by atoms with van der Waals surface area (Å²) in [6.45, 7) is 4.71. The van der Waals surface area contributed by atoms with Crippen LogP contribution in [0.4, 0.5) is 17.6 Å². The third kappa shape index (κ3) is 3.57. The number of rotatable bonds is 6. The molecule has 108 valence electrons. The minimum Gasteiger partial charge on any atom is -0.273 e. The first kappa shape index (κ1) is 17.6. The molecule has 1 atom stereocenters. The molecule has 0 aromatic carbocycles. The first-order valence-corrected chi connectivity index (χ1v) is 6.62. The molecule has 1 amide bonds. The number of alkyl halides is 5. The topological polar surface area (TPSA) is 46.2 Å². The summed E-state index contributed by atoms with van der Waals surface area (Å²) >= 11 is 4.16. The zero-order valence-corrected chi connectivity index (χ0v) is 11.6. The Kier molecular flexibility index (Phi) is 5.61. The van der Waals surface area contributed by atoms with Gasteiger partial charge in [0.15, 0.2) is 11.0 Å². The van der Waals surface area contributed by atoms with Crippen molar-refractivity contribution in [1.82, 2.24) is 4.72 Å². The van der Waals surface area contributed by atoms with Crippen LogP contribution in [-0.4, -0.2) is 20.8 Å². The minimum absolute atomic E-state index is 0.287. The molecule has 0 heterocycles. The normalized spacial score (nSPS) is 15.3. The van der Waals surface area contributed by atoms with Crippen LogP contribution in [-0.2, 0) is 15.8 Å². The highest BCUT2D eigenvalue weighted by atomic mass is 35.5. The van der Waals surface area contributed by atoms with Crippen LogP contribution in [0.1, 0.15) is 33.6 Å². The van der Waals surface area contributed by atoms with Gasteiger partial charge in [0, 0.05) is 5.41 Å². The number of carbonyl (C=O) groups excluding carboxylic acids is 1. The average Bonchev–Trinajstić information content (AvgIpc) is 2.26. The van der Waals surface area contributed by atoms with E-state index in [0.717, 1.165) is 0 Å². The van der Waals surface area contributed by atoms with Crippen LogP contribution in [0.2, 0.25) is 0 Å². The second-order valence-electron chi connectivity index (χ2n) is 3.98. The molecule has 0 aliphatic rings. The fourth-order valence-corrected chi connectivity index (χ4v) is 1.91. The second kappa shape index (κ2) is 5.73. The lowest BCUT2D eigenvalue weighted by Gasteiger charge is -2.27. The van der Waals surface area contributed by atoms with E-state index in [4.69, 9.17) is 0 Å². The number of hydrogen-bond donors (Lipinski definition) is 1. The van der Waals surface area contributed by atoms with Crippen molar-refractivity contribution < 1.29 is 26.6 Å². The first-order valence-electron chi connectivity index (χ1n) is 5.10. The minimum atomic E-state index is -5.04. The molecule has 0 bridgehead atoms. The maximum absolute atomic E-state index is 12.9. The lowest BCUT2D eigenvalue weighted by Crippen LogP contribution is -2.49. The lowest BCUT2D eigenvalue weighted by atomic mass is 9.84. The van der Waals surface area contributed by atoms with Crippen LogP contribution in [0.25, 0.3) is 0 Å². The van der Waals surface area contributed by atoms with E-state index in [9.17, 15) is 26.6 Å². The van der Waals surface area contributed by atoms with Gasteiger partial charge in [-0.2, -0.15) is 17.6 Å². The molecule has 1 N–H and O–H groups in total. The molecule has 0 aliphatic heterocycles. The fourth-order valence-electron chi connectivity index (χ4n) is 0.948. The fraction of sp³-hybridized carbons (Fsp3) is 0.889. The Bertz CT molecular complexity index is 342. The summed E-state index contributed by atoms with van der Waals surface area (Å²) in [7, 11) is -3.59. The maximum atomic E-state index is 12.9. The van der Waals surface area contributed by atoms with Crippen LogP contribution in [0.5, 0.6) is 0 Å². The molecule has 3 nitrogen and oxygen atoms in total. The highest BCUT2D eigenvalue weighted by Gasteiger charge is 2.61. The smallest absolute Gasteiger partial charge is 0.273 e. The molecule has 9 heteroatoms. The van der Waals surface area contributed by atoms with Crippen molar-refractivity contribution in [3.63, 3.8) is 0 Å². The van der Waals surface area contributed by atoms with Crippen molar-refractivity contribution in [3.05, 3.63) is 0 Å². The first-order chi connectivity index (χ1) is 7.92. The molecular weight excluding hydrogens is 298 g/mol. The van der Waals surface area contributed by atoms with Gasteiger partial charge in [-0.3, -0.25) is 9.52 Å². The van der Waals surface area contributed by atoms with Crippen molar-refractivity contribution in [2.45, 2.75) is 44.2 Å². The van der Waals surface area contributed by atoms with E-state index in [1.807, 2.05) is 0 Å². The van der Waals surface area contributed by atoms with E-state index >= 15 is 0 Å². The van der Waals surface area contributed by atoms with E-state index < -0.39 is 32.9 Å². The zero-order valence-electron chi connectivity index (χ0n) is 10.0. The summed E-state index contributed by atoms with van der Waals surface area (Å²) in [5.74, 6) is -0.980. The SMILES string of the molecule is CCC(C)(CC)C(=O)NS(=O)C(F)(F)C(F)(F)Cl. The Balaban J connectivity index is 4.95. The molecule has 0 fully saturated rings. The molecule has 0 saturated carbocycles. The summed E-state index contributed by atoms with van der Waals surface area (Å²) in [6.07, 6.45) is 0.574.